The first-order valence-electron chi connectivity index (χ1n) is 7.26. The SMILES string of the molecule is O=c1c(CS)cc2c(n1CC1CCCO1)CCCC2. The molecule has 0 radical (unpaired) electrons. The summed E-state index contributed by atoms with van der Waals surface area (Å²) in [6, 6.07) is 2.08. The second-order valence-electron chi connectivity index (χ2n) is 5.56. The summed E-state index contributed by atoms with van der Waals surface area (Å²) in [7, 11) is 0. The van der Waals surface area contributed by atoms with Crippen LogP contribution in [-0.2, 0) is 29.9 Å². The monoisotopic (exact) mass is 279 g/mol. The van der Waals surface area contributed by atoms with Crippen LogP contribution in [-0.4, -0.2) is 17.3 Å². The van der Waals surface area contributed by atoms with Crippen molar-refractivity contribution in [2.24, 2.45) is 0 Å². The van der Waals surface area contributed by atoms with E-state index in [1.165, 1.54) is 24.1 Å². The van der Waals surface area contributed by atoms with Crippen molar-refractivity contribution in [1.29, 1.82) is 0 Å². The zero-order chi connectivity index (χ0) is 13.2. The highest BCUT2D eigenvalue weighted by Gasteiger charge is 2.22. The van der Waals surface area contributed by atoms with Gasteiger partial charge in [0, 0.05) is 23.6 Å². The molecule has 1 aliphatic carbocycles. The number of fused-ring (bicyclic) bond motifs is 1. The molecule has 1 fully saturated rings. The molecule has 0 spiro atoms. The van der Waals surface area contributed by atoms with E-state index in [0.717, 1.165) is 44.4 Å². The molecule has 4 heteroatoms. The third kappa shape index (κ3) is 2.61. The van der Waals surface area contributed by atoms with Crippen LogP contribution in [0.1, 0.15) is 42.5 Å². The number of ether oxygens (including phenoxy) is 1. The van der Waals surface area contributed by atoms with Gasteiger partial charge in [-0.05, 0) is 50.2 Å². The maximum absolute atomic E-state index is 12.5. The lowest BCUT2D eigenvalue weighted by atomic mass is 9.94. The van der Waals surface area contributed by atoms with Crippen LogP contribution in [0.25, 0.3) is 0 Å². The predicted octanol–water partition coefficient (Wildman–Crippen LogP) is 2.34. The third-order valence-electron chi connectivity index (χ3n) is 4.26. The summed E-state index contributed by atoms with van der Waals surface area (Å²) < 4.78 is 7.68. The molecule has 1 unspecified atom stereocenters. The molecule has 3 rings (SSSR count). The maximum Gasteiger partial charge on any atom is 0.254 e. The second-order valence-corrected chi connectivity index (χ2v) is 5.87. The topological polar surface area (TPSA) is 31.2 Å². The fourth-order valence-electron chi connectivity index (χ4n) is 3.24. The van der Waals surface area contributed by atoms with Gasteiger partial charge in [0.25, 0.3) is 5.56 Å². The van der Waals surface area contributed by atoms with E-state index in [1.54, 1.807) is 0 Å². The zero-order valence-corrected chi connectivity index (χ0v) is 12.1. The summed E-state index contributed by atoms with van der Waals surface area (Å²) in [6.07, 6.45) is 6.97. The first-order chi connectivity index (χ1) is 9.29. The Morgan fingerprint density at radius 2 is 2.16 bits per heavy atom. The summed E-state index contributed by atoms with van der Waals surface area (Å²) in [5.74, 6) is 0.525. The van der Waals surface area contributed by atoms with Crippen molar-refractivity contribution in [3.8, 4) is 0 Å². The smallest absolute Gasteiger partial charge is 0.254 e. The van der Waals surface area contributed by atoms with Crippen molar-refractivity contribution >= 4 is 12.6 Å². The number of pyridine rings is 1. The van der Waals surface area contributed by atoms with Crippen LogP contribution >= 0.6 is 12.6 Å². The summed E-state index contributed by atoms with van der Waals surface area (Å²) in [4.78, 5) is 12.5. The average molecular weight is 279 g/mol. The lowest BCUT2D eigenvalue weighted by Crippen LogP contribution is -2.33. The van der Waals surface area contributed by atoms with Gasteiger partial charge in [0.05, 0.1) is 12.6 Å². The Hall–Kier alpha value is -0.740. The lowest BCUT2D eigenvalue weighted by Gasteiger charge is -2.23. The van der Waals surface area contributed by atoms with Gasteiger partial charge in [-0.25, -0.2) is 0 Å². The van der Waals surface area contributed by atoms with Crippen LogP contribution in [0.4, 0.5) is 0 Å². The van der Waals surface area contributed by atoms with E-state index in [9.17, 15) is 4.79 Å². The van der Waals surface area contributed by atoms with E-state index >= 15 is 0 Å². The minimum Gasteiger partial charge on any atom is -0.376 e. The summed E-state index contributed by atoms with van der Waals surface area (Å²) >= 11 is 4.30. The van der Waals surface area contributed by atoms with Gasteiger partial charge in [-0.2, -0.15) is 12.6 Å². The van der Waals surface area contributed by atoms with Gasteiger partial charge >= 0.3 is 0 Å². The van der Waals surface area contributed by atoms with Gasteiger partial charge in [-0.1, -0.05) is 0 Å². The quantitative estimate of drug-likeness (QED) is 0.861. The van der Waals surface area contributed by atoms with E-state index < -0.39 is 0 Å². The van der Waals surface area contributed by atoms with Crippen LogP contribution in [0.15, 0.2) is 10.9 Å². The lowest BCUT2D eigenvalue weighted by molar-refractivity contribution is 0.0952. The number of hydrogen-bond acceptors (Lipinski definition) is 3. The van der Waals surface area contributed by atoms with E-state index in [0.29, 0.717) is 5.75 Å². The highest BCUT2D eigenvalue weighted by Crippen LogP contribution is 2.23. The van der Waals surface area contributed by atoms with Gasteiger partial charge in [-0.3, -0.25) is 4.79 Å². The molecule has 0 amide bonds. The molecule has 0 aromatic carbocycles. The number of nitrogens with zero attached hydrogens (tertiary/aromatic N) is 1. The molecule has 1 atom stereocenters. The number of rotatable bonds is 3. The normalized spacial score (nSPS) is 22.5. The maximum atomic E-state index is 12.5. The standard InChI is InChI=1S/C15H21NO2S/c17-15-12(10-19)8-11-4-1-2-6-14(11)16(15)9-13-5-3-7-18-13/h8,13,19H,1-7,9-10H2. The first-order valence-corrected chi connectivity index (χ1v) is 7.90. The summed E-state index contributed by atoms with van der Waals surface area (Å²) in [5, 5.41) is 0. The van der Waals surface area contributed by atoms with Crippen molar-refractivity contribution in [2.45, 2.75) is 56.9 Å². The fraction of sp³-hybridized carbons (Fsp3) is 0.667. The van der Waals surface area contributed by atoms with E-state index in [-0.39, 0.29) is 11.7 Å². The van der Waals surface area contributed by atoms with Gasteiger partial charge in [0.15, 0.2) is 0 Å². The van der Waals surface area contributed by atoms with Crippen molar-refractivity contribution in [3.05, 3.63) is 33.2 Å². The third-order valence-corrected chi connectivity index (χ3v) is 4.60. The van der Waals surface area contributed by atoms with E-state index in [1.807, 2.05) is 4.57 Å². The van der Waals surface area contributed by atoms with Gasteiger partial charge in [0.2, 0.25) is 0 Å². The fourth-order valence-corrected chi connectivity index (χ4v) is 3.47. The number of thiol groups is 1. The van der Waals surface area contributed by atoms with Crippen molar-refractivity contribution in [2.75, 3.05) is 6.61 Å². The van der Waals surface area contributed by atoms with Crippen molar-refractivity contribution in [3.63, 3.8) is 0 Å². The summed E-state index contributed by atoms with van der Waals surface area (Å²) in [6.45, 7) is 1.57. The van der Waals surface area contributed by atoms with Crippen molar-refractivity contribution in [1.82, 2.24) is 4.57 Å². The predicted molar refractivity (Wildman–Crippen MR) is 79.0 cm³/mol. The minimum absolute atomic E-state index is 0.145. The van der Waals surface area contributed by atoms with Crippen molar-refractivity contribution < 1.29 is 4.74 Å². The molecule has 1 aromatic heterocycles. The van der Waals surface area contributed by atoms with Gasteiger partial charge in [-0.15, -0.1) is 0 Å². The Morgan fingerprint density at radius 3 is 2.89 bits per heavy atom. The van der Waals surface area contributed by atoms with E-state index in [4.69, 9.17) is 4.74 Å². The Balaban J connectivity index is 2.01. The molecule has 2 aliphatic rings. The number of aryl methyl sites for hydroxylation is 1. The Labute approximate surface area is 119 Å². The largest absolute Gasteiger partial charge is 0.376 e. The van der Waals surface area contributed by atoms with Crippen LogP contribution in [0.5, 0.6) is 0 Å². The molecular formula is C15H21NO2S. The Kier molecular flexibility index (Phi) is 3.99. The molecule has 1 saturated heterocycles. The molecule has 0 N–H and O–H groups in total. The molecule has 1 aliphatic heterocycles. The highest BCUT2D eigenvalue weighted by molar-refractivity contribution is 7.79. The van der Waals surface area contributed by atoms with Crippen LogP contribution in [0.2, 0.25) is 0 Å². The van der Waals surface area contributed by atoms with Crippen LogP contribution in [0, 0.1) is 0 Å². The zero-order valence-electron chi connectivity index (χ0n) is 11.2. The molecule has 19 heavy (non-hydrogen) atoms. The molecule has 3 nitrogen and oxygen atoms in total. The molecule has 0 bridgehead atoms. The molecule has 0 saturated carbocycles. The number of aromatic nitrogens is 1. The average Bonchev–Trinajstić information content (AvgIpc) is 2.94. The minimum atomic E-state index is 0.145. The summed E-state index contributed by atoms with van der Waals surface area (Å²) in [5.41, 5.74) is 3.58. The van der Waals surface area contributed by atoms with E-state index in [2.05, 4.69) is 18.7 Å². The molecule has 104 valence electrons. The molecular weight excluding hydrogens is 258 g/mol. The van der Waals surface area contributed by atoms with Crippen LogP contribution in [0.3, 0.4) is 0 Å². The number of hydrogen-bond donors (Lipinski definition) is 1. The van der Waals surface area contributed by atoms with Crippen LogP contribution < -0.4 is 5.56 Å². The highest BCUT2D eigenvalue weighted by atomic mass is 32.1. The molecule has 2 heterocycles. The second kappa shape index (κ2) is 5.71. The van der Waals surface area contributed by atoms with Gasteiger partial charge in [0.1, 0.15) is 0 Å². The molecule has 1 aromatic rings. The Bertz CT molecular complexity index is 518. The first kappa shape index (κ1) is 13.3. The van der Waals surface area contributed by atoms with Gasteiger partial charge < -0.3 is 9.30 Å². The Morgan fingerprint density at radius 1 is 1.32 bits per heavy atom.